The number of alkyl halides is 2. The van der Waals surface area contributed by atoms with Crippen LogP contribution in [0.2, 0.25) is 0 Å². The molecule has 0 aromatic heterocycles. The Balaban J connectivity index is 3.34. The van der Waals surface area contributed by atoms with Gasteiger partial charge in [0.15, 0.2) is 0 Å². The average Bonchev–Trinajstić information content (AvgIpc) is 2.11. The number of aromatic hydroxyl groups is 1. The third kappa shape index (κ3) is 1.85. The first-order valence-electron chi connectivity index (χ1n) is 4.18. The number of hydrogen-bond acceptors (Lipinski definition) is 2. The van der Waals surface area contributed by atoms with Crippen LogP contribution >= 0.6 is 0 Å². The van der Waals surface area contributed by atoms with Crippen molar-refractivity contribution in [2.75, 3.05) is 6.61 Å². The smallest absolute Gasteiger partial charge is 0.296 e. The molecular formula is C10H12F2O2. The Kier molecular flexibility index (Phi) is 2.76. The Morgan fingerprint density at radius 2 is 1.86 bits per heavy atom. The van der Waals surface area contributed by atoms with Gasteiger partial charge < -0.3 is 10.2 Å². The van der Waals surface area contributed by atoms with E-state index >= 15 is 0 Å². The summed E-state index contributed by atoms with van der Waals surface area (Å²) in [5, 5.41) is 17.7. The molecule has 1 aromatic carbocycles. The highest BCUT2D eigenvalue weighted by Gasteiger charge is 2.32. The van der Waals surface area contributed by atoms with Crippen LogP contribution in [0, 0.1) is 13.8 Å². The highest BCUT2D eigenvalue weighted by Crippen LogP contribution is 2.33. The molecule has 2 N–H and O–H groups in total. The topological polar surface area (TPSA) is 40.5 Å². The summed E-state index contributed by atoms with van der Waals surface area (Å²) < 4.78 is 26.3. The molecule has 0 aliphatic heterocycles. The molecule has 0 atom stereocenters. The molecule has 0 bridgehead atoms. The highest BCUT2D eigenvalue weighted by molar-refractivity contribution is 5.42. The molecule has 14 heavy (non-hydrogen) atoms. The standard InChI is InChI=1S/C10H12F2O2/c1-6-3-8(14)4-9(7(6)2)10(11,12)5-13/h3-4,13-14H,5H2,1-2H3. The number of hydrogen-bond donors (Lipinski definition) is 2. The van der Waals surface area contributed by atoms with Gasteiger partial charge in [-0.25, -0.2) is 0 Å². The van der Waals surface area contributed by atoms with Crippen molar-refractivity contribution in [2.45, 2.75) is 19.8 Å². The Labute approximate surface area is 80.8 Å². The molecule has 0 fully saturated rings. The second kappa shape index (κ2) is 3.53. The summed E-state index contributed by atoms with van der Waals surface area (Å²) in [5.41, 5.74) is 0.646. The third-order valence-corrected chi connectivity index (χ3v) is 2.24. The van der Waals surface area contributed by atoms with Crippen LogP contribution in [0.3, 0.4) is 0 Å². The fraction of sp³-hybridized carbons (Fsp3) is 0.400. The van der Waals surface area contributed by atoms with E-state index in [-0.39, 0.29) is 11.3 Å². The molecule has 0 heterocycles. The highest BCUT2D eigenvalue weighted by atomic mass is 19.3. The molecule has 1 aromatic rings. The summed E-state index contributed by atoms with van der Waals surface area (Å²) in [4.78, 5) is 0. The number of halogens is 2. The van der Waals surface area contributed by atoms with Gasteiger partial charge in [-0.2, -0.15) is 8.78 Å². The Bertz CT molecular complexity index is 348. The van der Waals surface area contributed by atoms with Crippen molar-refractivity contribution in [1.82, 2.24) is 0 Å². The number of phenols is 1. The van der Waals surface area contributed by atoms with E-state index < -0.39 is 12.5 Å². The van der Waals surface area contributed by atoms with Crippen molar-refractivity contribution in [2.24, 2.45) is 0 Å². The van der Waals surface area contributed by atoms with E-state index in [9.17, 15) is 8.78 Å². The molecule has 0 spiro atoms. The number of aryl methyl sites for hydroxylation is 1. The van der Waals surface area contributed by atoms with E-state index in [1.54, 1.807) is 6.92 Å². The van der Waals surface area contributed by atoms with Crippen LogP contribution in [-0.4, -0.2) is 16.8 Å². The molecule has 0 unspecified atom stereocenters. The molecule has 2 nitrogen and oxygen atoms in total. The van der Waals surface area contributed by atoms with Gasteiger partial charge in [0, 0.05) is 5.56 Å². The van der Waals surface area contributed by atoms with Crippen LogP contribution in [-0.2, 0) is 5.92 Å². The maximum absolute atomic E-state index is 13.1. The summed E-state index contributed by atoms with van der Waals surface area (Å²) in [7, 11) is 0. The summed E-state index contributed by atoms with van der Waals surface area (Å²) in [6.07, 6.45) is 0. The Morgan fingerprint density at radius 1 is 1.29 bits per heavy atom. The van der Waals surface area contributed by atoms with E-state index in [2.05, 4.69) is 0 Å². The lowest BCUT2D eigenvalue weighted by Gasteiger charge is -2.17. The monoisotopic (exact) mass is 202 g/mol. The molecule has 1 rings (SSSR count). The molecule has 0 saturated heterocycles. The molecular weight excluding hydrogens is 190 g/mol. The third-order valence-electron chi connectivity index (χ3n) is 2.24. The Hall–Kier alpha value is -1.16. The summed E-state index contributed by atoms with van der Waals surface area (Å²) >= 11 is 0. The summed E-state index contributed by atoms with van der Waals surface area (Å²) in [5.74, 6) is -3.51. The predicted molar refractivity (Wildman–Crippen MR) is 48.6 cm³/mol. The predicted octanol–water partition coefficient (Wildman–Crippen LogP) is 2.09. The molecule has 0 amide bonds. The molecule has 0 aliphatic rings. The first kappa shape index (κ1) is 10.9. The van der Waals surface area contributed by atoms with E-state index in [4.69, 9.17) is 10.2 Å². The zero-order valence-corrected chi connectivity index (χ0v) is 8.01. The van der Waals surface area contributed by atoms with Gasteiger partial charge >= 0.3 is 0 Å². The van der Waals surface area contributed by atoms with Crippen molar-refractivity contribution < 1.29 is 19.0 Å². The number of aliphatic hydroxyl groups is 1. The molecule has 78 valence electrons. The number of aliphatic hydroxyl groups excluding tert-OH is 1. The van der Waals surface area contributed by atoms with Gasteiger partial charge in [0.2, 0.25) is 0 Å². The maximum atomic E-state index is 13.1. The summed E-state index contributed by atoms with van der Waals surface area (Å²) in [6, 6.07) is 2.39. The molecule has 0 radical (unpaired) electrons. The maximum Gasteiger partial charge on any atom is 0.296 e. The minimum atomic E-state index is -3.30. The molecule has 0 saturated carbocycles. The van der Waals surface area contributed by atoms with Crippen molar-refractivity contribution >= 4 is 0 Å². The fourth-order valence-corrected chi connectivity index (χ4v) is 1.31. The van der Waals surface area contributed by atoms with E-state index in [1.165, 1.54) is 13.0 Å². The largest absolute Gasteiger partial charge is 0.508 e. The minimum absolute atomic E-state index is 0.212. The number of rotatable bonds is 2. The zero-order valence-electron chi connectivity index (χ0n) is 8.01. The quantitative estimate of drug-likeness (QED) is 0.770. The van der Waals surface area contributed by atoms with Gasteiger partial charge in [-0.1, -0.05) is 0 Å². The lowest BCUT2D eigenvalue weighted by molar-refractivity contribution is -0.0562. The molecule has 0 aliphatic carbocycles. The van der Waals surface area contributed by atoms with Crippen molar-refractivity contribution in [3.05, 3.63) is 28.8 Å². The second-order valence-electron chi connectivity index (χ2n) is 3.30. The van der Waals surface area contributed by atoms with Crippen LogP contribution in [0.5, 0.6) is 5.75 Å². The van der Waals surface area contributed by atoms with Gasteiger partial charge in [0.05, 0.1) is 0 Å². The normalized spacial score (nSPS) is 11.8. The second-order valence-corrected chi connectivity index (χ2v) is 3.30. The number of benzene rings is 1. The van der Waals surface area contributed by atoms with Crippen LogP contribution in [0.1, 0.15) is 16.7 Å². The minimum Gasteiger partial charge on any atom is -0.508 e. The van der Waals surface area contributed by atoms with Gasteiger partial charge in [-0.3, -0.25) is 0 Å². The van der Waals surface area contributed by atoms with Gasteiger partial charge in [-0.05, 0) is 37.1 Å². The Morgan fingerprint density at radius 3 is 2.36 bits per heavy atom. The van der Waals surface area contributed by atoms with E-state index in [0.717, 1.165) is 6.07 Å². The summed E-state index contributed by atoms with van der Waals surface area (Å²) in [6.45, 7) is 1.91. The van der Waals surface area contributed by atoms with E-state index in [1.807, 2.05) is 0 Å². The average molecular weight is 202 g/mol. The van der Waals surface area contributed by atoms with Gasteiger partial charge in [0.1, 0.15) is 12.4 Å². The van der Waals surface area contributed by atoms with Crippen molar-refractivity contribution in [3.63, 3.8) is 0 Å². The van der Waals surface area contributed by atoms with Crippen LogP contribution < -0.4 is 0 Å². The lowest BCUT2D eigenvalue weighted by Crippen LogP contribution is -2.20. The van der Waals surface area contributed by atoms with Crippen LogP contribution in [0.25, 0.3) is 0 Å². The number of phenolic OH excluding ortho intramolecular Hbond substituents is 1. The van der Waals surface area contributed by atoms with E-state index in [0.29, 0.717) is 11.1 Å². The van der Waals surface area contributed by atoms with Crippen LogP contribution in [0.4, 0.5) is 8.78 Å². The first-order valence-corrected chi connectivity index (χ1v) is 4.18. The molecule has 4 heteroatoms. The lowest BCUT2D eigenvalue weighted by atomic mass is 9.98. The first-order chi connectivity index (χ1) is 6.38. The van der Waals surface area contributed by atoms with Crippen LogP contribution in [0.15, 0.2) is 12.1 Å². The van der Waals surface area contributed by atoms with Crippen molar-refractivity contribution in [3.8, 4) is 5.75 Å². The van der Waals surface area contributed by atoms with Crippen molar-refractivity contribution in [1.29, 1.82) is 0 Å². The SMILES string of the molecule is Cc1cc(O)cc(C(F)(F)CO)c1C. The van der Waals surface area contributed by atoms with Gasteiger partial charge in [0.25, 0.3) is 5.92 Å². The van der Waals surface area contributed by atoms with Gasteiger partial charge in [-0.15, -0.1) is 0 Å². The zero-order chi connectivity index (χ0) is 10.9. The fourth-order valence-electron chi connectivity index (χ4n) is 1.31.